The molecule has 0 spiro atoms. The van der Waals surface area contributed by atoms with Crippen molar-refractivity contribution in [3.8, 4) is 5.75 Å². The Kier molecular flexibility index (Phi) is 3.60. The van der Waals surface area contributed by atoms with Gasteiger partial charge in [-0.05, 0) is 24.6 Å². The highest BCUT2D eigenvalue weighted by Gasteiger charge is 2.35. The zero-order valence-electron chi connectivity index (χ0n) is 10.7. The minimum absolute atomic E-state index is 0.0152. The van der Waals surface area contributed by atoms with Crippen LogP contribution in [-0.2, 0) is 9.59 Å². The third-order valence-electron chi connectivity index (χ3n) is 3.07. The van der Waals surface area contributed by atoms with Crippen LogP contribution in [0.15, 0.2) is 18.2 Å². The molecule has 1 aliphatic rings. The fourth-order valence-corrected chi connectivity index (χ4v) is 2.11. The minimum atomic E-state index is -1.12. The third kappa shape index (κ3) is 2.29. The highest BCUT2D eigenvalue weighted by Crippen LogP contribution is 2.34. The maximum absolute atomic E-state index is 11.9. The molecule has 0 radical (unpaired) electrons. The SMILES string of the molecule is CCC(C(=O)O)N1C(=O)COc2cc(C(=O)O)ccc21. The molecule has 0 aliphatic carbocycles. The molecule has 106 valence electrons. The van der Waals surface area contributed by atoms with Crippen molar-refractivity contribution in [3.63, 3.8) is 0 Å². The van der Waals surface area contributed by atoms with Gasteiger partial charge < -0.3 is 14.9 Å². The van der Waals surface area contributed by atoms with Gasteiger partial charge in [0.2, 0.25) is 0 Å². The molecule has 2 rings (SSSR count). The topological polar surface area (TPSA) is 104 Å². The molecule has 1 heterocycles. The first-order chi connectivity index (χ1) is 9.45. The third-order valence-corrected chi connectivity index (χ3v) is 3.07. The number of hydrogen-bond donors (Lipinski definition) is 2. The van der Waals surface area contributed by atoms with Crippen molar-refractivity contribution in [3.05, 3.63) is 23.8 Å². The van der Waals surface area contributed by atoms with Crippen LogP contribution in [0.1, 0.15) is 23.7 Å². The molecule has 0 fully saturated rings. The Hall–Kier alpha value is -2.57. The number of rotatable bonds is 4. The number of carbonyl (C=O) groups excluding carboxylic acids is 1. The number of benzene rings is 1. The van der Waals surface area contributed by atoms with Crippen LogP contribution in [0.4, 0.5) is 5.69 Å². The van der Waals surface area contributed by atoms with E-state index < -0.39 is 23.9 Å². The van der Waals surface area contributed by atoms with Gasteiger partial charge in [0, 0.05) is 0 Å². The number of ether oxygens (including phenoxy) is 1. The Morgan fingerprint density at radius 2 is 2.10 bits per heavy atom. The fourth-order valence-electron chi connectivity index (χ4n) is 2.11. The Morgan fingerprint density at radius 1 is 1.40 bits per heavy atom. The molecule has 7 nitrogen and oxygen atoms in total. The van der Waals surface area contributed by atoms with E-state index in [1.165, 1.54) is 18.2 Å². The molecule has 0 bridgehead atoms. The average Bonchev–Trinajstić information content (AvgIpc) is 2.41. The van der Waals surface area contributed by atoms with Gasteiger partial charge in [-0.2, -0.15) is 0 Å². The van der Waals surface area contributed by atoms with Gasteiger partial charge in [-0.1, -0.05) is 6.92 Å². The Labute approximate surface area is 114 Å². The summed E-state index contributed by atoms with van der Waals surface area (Å²) >= 11 is 0. The number of nitrogens with zero attached hydrogens (tertiary/aromatic N) is 1. The van der Waals surface area contributed by atoms with Gasteiger partial charge in [-0.3, -0.25) is 9.69 Å². The van der Waals surface area contributed by atoms with E-state index in [-0.39, 0.29) is 30.0 Å². The lowest BCUT2D eigenvalue weighted by Crippen LogP contribution is -2.49. The summed E-state index contributed by atoms with van der Waals surface area (Å²) < 4.78 is 5.18. The first kappa shape index (κ1) is 13.9. The van der Waals surface area contributed by atoms with Crippen molar-refractivity contribution in [2.45, 2.75) is 19.4 Å². The first-order valence-corrected chi connectivity index (χ1v) is 6.00. The summed E-state index contributed by atoms with van der Waals surface area (Å²) in [5.41, 5.74) is 0.293. The normalized spacial score (nSPS) is 15.2. The van der Waals surface area contributed by atoms with Gasteiger partial charge in [-0.15, -0.1) is 0 Å². The monoisotopic (exact) mass is 279 g/mol. The zero-order chi connectivity index (χ0) is 14.9. The lowest BCUT2D eigenvalue weighted by molar-refractivity contribution is -0.140. The first-order valence-electron chi connectivity index (χ1n) is 6.00. The molecule has 0 saturated carbocycles. The van der Waals surface area contributed by atoms with Gasteiger partial charge in [0.25, 0.3) is 5.91 Å². The summed E-state index contributed by atoms with van der Waals surface area (Å²) in [4.78, 5) is 35.2. The van der Waals surface area contributed by atoms with Gasteiger partial charge in [0.15, 0.2) is 6.61 Å². The van der Waals surface area contributed by atoms with Crippen molar-refractivity contribution in [2.75, 3.05) is 11.5 Å². The van der Waals surface area contributed by atoms with Crippen molar-refractivity contribution in [1.29, 1.82) is 0 Å². The number of amides is 1. The number of fused-ring (bicyclic) bond motifs is 1. The van der Waals surface area contributed by atoms with Gasteiger partial charge in [0.1, 0.15) is 11.8 Å². The molecule has 2 N–H and O–H groups in total. The maximum atomic E-state index is 11.9. The van der Waals surface area contributed by atoms with Crippen LogP contribution in [-0.4, -0.2) is 40.7 Å². The summed E-state index contributed by atoms with van der Waals surface area (Å²) in [6.45, 7) is 1.35. The summed E-state index contributed by atoms with van der Waals surface area (Å²) in [6.07, 6.45) is 0.237. The summed E-state index contributed by atoms with van der Waals surface area (Å²) in [5.74, 6) is -2.50. The van der Waals surface area contributed by atoms with E-state index in [1.54, 1.807) is 6.92 Å². The summed E-state index contributed by atoms with van der Waals surface area (Å²) in [7, 11) is 0. The predicted octanol–water partition coefficient (Wildman–Crippen LogP) is 0.973. The Morgan fingerprint density at radius 3 is 2.65 bits per heavy atom. The smallest absolute Gasteiger partial charge is 0.335 e. The Balaban J connectivity index is 2.49. The molecular formula is C13H13NO6. The van der Waals surface area contributed by atoms with Gasteiger partial charge in [-0.25, -0.2) is 9.59 Å². The quantitative estimate of drug-likeness (QED) is 0.851. The second kappa shape index (κ2) is 5.20. The van der Waals surface area contributed by atoms with Crippen LogP contribution in [0.2, 0.25) is 0 Å². The number of carboxylic acids is 2. The highest BCUT2D eigenvalue weighted by molar-refractivity contribution is 6.03. The lowest BCUT2D eigenvalue weighted by Gasteiger charge is -2.33. The van der Waals surface area contributed by atoms with Crippen LogP contribution in [0.5, 0.6) is 5.75 Å². The largest absolute Gasteiger partial charge is 0.482 e. The number of carboxylic acid groups (broad SMARTS) is 2. The average molecular weight is 279 g/mol. The molecule has 1 aromatic rings. The van der Waals surface area contributed by atoms with Crippen LogP contribution in [0.25, 0.3) is 0 Å². The zero-order valence-corrected chi connectivity index (χ0v) is 10.7. The predicted molar refractivity (Wildman–Crippen MR) is 68.1 cm³/mol. The molecule has 1 amide bonds. The van der Waals surface area contributed by atoms with E-state index in [4.69, 9.17) is 9.84 Å². The highest BCUT2D eigenvalue weighted by atomic mass is 16.5. The number of anilines is 1. The van der Waals surface area contributed by atoms with E-state index in [9.17, 15) is 19.5 Å². The molecule has 1 aliphatic heterocycles. The summed E-state index contributed by atoms with van der Waals surface area (Å²) in [5, 5.41) is 18.1. The van der Waals surface area contributed by atoms with E-state index in [1.807, 2.05) is 0 Å². The number of hydrogen-bond acceptors (Lipinski definition) is 4. The number of aliphatic carboxylic acids is 1. The van der Waals surface area contributed by atoms with Crippen molar-refractivity contribution < 1.29 is 29.3 Å². The van der Waals surface area contributed by atoms with Crippen LogP contribution in [0, 0.1) is 0 Å². The minimum Gasteiger partial charge on any atom is -0.482 e. The lowest BCUT2D eigenvalue weighted by atomic mass is 10.1. The van der Waals surface area contributed by atoms with Crippen molar-refractivity contribution in [2.24, 2.45) is 0 Å². The Bertz CT molecular complexity index is 582. The number of aromatic carboxylic acids is 1. The van der Waals surface area contributed by atoms with E-state index in [0.717, 1.165) is 4.90 Å². The van der Waals surface area contributed by atoms with E-state index in [2.05, 4.69) is 0 Å². The molecule has 0 saturated heterocycles. The molecule has 0 aromatic heterocycles. The van der Waals surface area contributed by atoms with E-state index >= 15 is 0 Å². The van der Waals surface area contributed by atoms with Gasteiger partial charge >= 0.3 is 11.9 Å². The van der Waals surface area contributed by atoms with Crippen molar-refractivity contribution >= 4 is 23.5 Å². The second-order valence-corrected chi connectivity index (χ2v) is 4.30. The van der Waals surface area contributed by atoms with Crippen molar-refractivity contribution in [1.82, 2.24) is 0 Å². The van der Waals surface area contributed by atoms with Crippen LogP contribution in [0.3, 0.4) is 0 Å². The van der Waals surface area contributed by atoms with Gasteiger partial charge in [0.05, 0.1) is 11.3 Å². The molecular weight excluding hydrogens is 266 g/mol. The fraction of sp³-hybridized carbons (Fsp3) is 0.308. The molecule has 1 aromatic carbocycles. The number of carbonyl (C=O) groups is 3. The summed E-state index contributed by atoms with van der Waals surface area (Å²) in [6, 6.07) is 2.98. The maximum Gasteiger partial charge on any atom is 0.335 e. The molecule has 1 atom stereocenters. The molecule has 1 unspecified atom stereocenters. The van der Waals surface area contributed by atoms with Crippen LogP contribution >= 0.6 is 0 Å². The standard InChI is InChI=1S/C13H13NO6/c1-2-8(13(18)19)14-9-4-3-7(12(16)17)5-10(9)20-6-11(14)15/h3-5,8H,2,6H2,1H3,(H,16,17)(H,18,19). The van der Waals surface area contributed by atoms with Crippen LogP contribution < -0.4 is 9.64 Å². The molecule has 7 heteroatoms. The van der Waals surface area contributed by atoms with E-state index in [0.29, 0.717) is 0 Å². The molecule has 20 heavy (non-hydrogen) atoms. The second-order valence-electron chi connectivity index (χ2n) is 4.30.